The molecule has 1 saturated heterocycles. The molecule has 20 heavy (non-hydrogen) atoms. The number of carbonyl (C=O) groups is 1. The van der Waals surface area contributed by atoms with Gasteiger partial charge in [-0.05, 0) is 24.2 Å². The van der Waals surface area contributed by atoms with Crippen molar-refractivity contribution < 1.29 is 10.0 Å². The molecule has 1 aliphatic heterocycles. The highest BCUT2D eigenvalue weighted by molar-refractivity contribution is 8.00. The Balaban J connectivity index is 1.81. The van der Waals surface area contributed by atoms with Gasteiger partial charge in [0.1, 0.15) is 0 Å². The molecule has 1 aromatic rings. The lowest BCUT2D eigenvalue weighted by Crippen LogP contribution is -2.30. The molecular formula is C14H19N3O2S. The van der Waals surface area contributed by atoms with Crippen molar-refractivity contribution in [1.82, 2.24) is 5.32 Å². The van der Waals surface area contributed by atoms with Crippen molar-refractivity contribution in [2.45, 2.75) is 24.5 Å². The summed E-state index contributed by atoms with van der Waals surface area (Å²) in [7, 11) is 0. The van der Waals surface area contributed by atoms with E-state index in [4.69, 9.17) is 10.9 Å². The molecule has 1 aromatic carbocycles. The molecule has 0 bridgehead atoms. The van der Waals surface area contributed by atoms with Crippen LogP contribution in [0.25, 0.3) is 0 Å². The number of thioether (sulfide) groups is 1. The number of oxime groups is 1. The van der Waals surface area contributed by atoms with Gasteiger partial charge in [-0.25, -0.2) is 0 Å². The zero-order chi connectivity index (χ0) is 14.4. The molecule has 108 valence electrons. The van der Waals surface area contributed by atoms with Crippen molar-refractivity contribution in [2.75, 3.05) is 12.3 Å². The predicted octanol–water partition coefficient (Wildman–Crippen LogP) is 1.34. The van der Waals surface area contributed by atoms with Crippen LogP contribution >= 0.6 is 11.8 Å². The summed E-state index contributed by atoms with van der Waals surface area (Å²) >= 11 is 1.93. The largest absolute Gasteiger partial charge is 0.409 e. The molecule has 6 heteroatoms. The maximum atomic E-state index is 11.8. The zero-order valence-electron chi connectivity index (χ0n) is 11.2. The Labute approximate surface area is 122 Å². The average Bonchev–Trinajstić information content (AvgIpc) is 2.98. The molecule has 2 rings (SSSR count). The van der Waals surface area contributed by atoms with Gasteiger partial charge >= 0.3 is 0 Å². The molecule has 0 spiro atoms. The highest BCUT2D eigenvalue weighted by atomic mass is 32.2. The highest BCUT2D eigenvalue weighted by Crippen LogP contribution is 2.25. The summed E-state index contributed by atoms with van der Waals surface area (Å²) in [5.74, 6) is 1.31. The van der Waals surface area contributed by atoms with E-state index in [-0.39, 0.29) is 11.7 Å². The maximum absolute atomic E-state index is 11.8. The smallest absolute Gasteiger partial charge is 0.224 e. The summed E-state index contributed by atoms with van der Waals surface area (Å²) in [4.78, 5) is 11.8. The van der Waals surface area contributed by atoms with Crippen LogP contribution in [0.1, 0.15) is 24.0 Å². The predicted molar refractivity (Wildman–Crippen MR) is 81.1 cm³/mol. The molecular weight excluding hydrogens is 274 g/mol. The molecule has 0 radical (unpaired) electrons. The minimum Gasteiger partial charge on any atom is -0.409 e. The number of amidine groups is 1. The van der Waals surface area contributed by atoms with Gasteiger partial charge in [0.2, 0.25) is 5.91 Å². The van der Waals surface area contributed by atoms with Gasteiger partial charge in [0.25, 0.3) is 0 Å². The van der Waals surface area contributed by atoms with E-state index in [9.17, 15) is 4.79 Å². The van der Waals surface area contributed by atoms with E-state index in [1.165, 1.54) is 18.6 Å². The SMILES string of the molecule is N/C(=N/O)c1ccc(CC(=O)NCC2CCCS2)cc1. The quantitative estimate of drug-likeness (QED) is 0.331. The molecule has 1 aliphatic rings. The molecule has 1 fully saturated rings. The zero-order valence-corrected chi connectivity index (χ0v) is 12.0. The molecule has 1 atom stereocenters. The third-order valence-corrected chi connectivity index (χ3v) is 4.67. The second-order valence-corrected chi connectivity index (χ2v) is 6.21. The number of nitrogens with zero attached hydrogens (tertiary/aromatic N) is 1. The van der Waals surface area contributed by atoms with Gasteiger partial charge < -0.3 is 16.3 Å². The van der Waals surface area contributed by atoms with Crippen LogP contribution in [0.4, 0.5) is 0 Å². The number of nitrogens with one attached hydrogen (secondary N) is 1. The van der Waals surface area contributed by atoms with Crippen molar-refractivity contribution in [3.05, 3.63) is 35.4 Å². The summed E-state index contributed by atoms with van der Waals surface area (Å²) in [5.41, 5.74) is 7.03. The number of hydrogen-bond acceptors (Lipinski definition) is 4. The van der Waals surface area contributed by atoms with E-state index in [1.807, 2.05) is 23.9 Å². The monoisotopic (exact) mass is 293 g/mol. The summed E-state index contributed by atoms with van der Waals surface area (Å²) in [5, 5.41) is 15.1. The van der Waals surface area contributed by atoms with Crippen molar-refractivity contribution in [3.8, 4) is 0 Å². The second kappa shape index (κ2) is 7.19. The third kappa shape index (κ3) is 4.16. The molecule has 5 nitrogen and oxygen atoms in total. The van der Waals surface area contributed by atoms with Crippen molar-refractivity contribution >= 4 is 23.5 Å². The molecule has 0 saturated carbocycles. The Hall–Kier alpha value is -1.69. The number of carbonyl (C=O) groups excluding carboxylic acids is 1. The minimum absolute atomic E-state index is 0.0362. The van der Waals surface area contributed by atoms with E-state index >= 15 is 0 Å². The van der Waals surface area contributed by atoms with Gasteiger partial charge in [0.05, 0.1) is 6.42 Å². The molecule has 1 unspecified atom stereocenters. The maximum Gasteiger partial charge on any atom is 0.224 e. The molecule has 0 aliphatic carbocycles. The van der Waals surface area contributed by atoms with Crippen LogP contribution in [-0.4, -0.2) is 34.5 Å². The van der Waals surface area contributed by atoms with Crippen LogP contribution in [0.2, 0.25) is 0 Å². The summed E-state index contributed by atoms with van der Waals surface area (Å²) in [6, 6.07) is 7.11. The van der Waals surface area contributed by atoms with E-state index < -0.39 is 0 Å². The van der Waals surface area contributed by atoms with Gasteiger partial charge in [-0.15, -0.1) is 0 Å². The fourth-order valence-electron chi connectivity index (χ4n) is 2.13. The summed E-state index contributed by atoms with van der Waals surface area (Å²) < 4.78 is 0. The number of rotatable bonds is 5. The Morgan fingerprint density at radius 3 is 2.80 bits per heavy atom. The fourth-order valence-corrected chi connectivity index (χ4v) is 3.33. The van der Waals surface area contributed by atoms with Crippen molar-refractivity contribution in [2.24, 2.45) is 10.9 Å². The van der Waals surface area contributed by atoms with Crippen LogP contribution in [0.15, 0.2) is 29.4 Å². The van der Waals surface area contributed by atoms with Gasteiger partial charge in [0, 0.05) is 17.4 Å². The van der Waals surface area contributed by atoms with Crippen LogP contribution in [-0.2, 0) is 11.2 Å². The minimum atomic E-state index is 0.0362. The first-order valence-corrected chi connectivity index (χ1v) is 7.69. The first-order chi connectivity index (χ1) is 9.69. The molecule has 4 N–H and O–H groups in total. The van der Waals surface area contributed by atoms with Gasteiger partial charge in [-0.3, -0.25) is 4.79 Å². The topological polar surface area (TPSA) is 87.7 Å². The number of benzene rings is 1. The summed E-state index contributed by atoms with van der Waals surface area (Å²) in [6.45, 7) is 0.756. The van der Waals surface area contributed by atoms with Gasteiger partial charge in [-0.1, -0.05) is 29.4 Å². The molecule has 0 aromatic heterocycles. The second-order valence-electron chi connectivity index (χ2n) is 4.80. The summed E-state index contributed by atoms with van der Waals surface area (Å²) in [6.07, 6.45) is 2.80. The van der Waals surface area contributed by atoms with Gasteiger partial charge in [0.15, 0.2) is 5.84 Å². The normalized spacial score (nSPS) is 19.0. The Morgan fingerprint density at radius 2 is 2.20 bits per heavy atom. The van der Waals surface area contributed by atoms with Crippen LogP contribution in [0.3, 0.4) is 0 Å². The van der Waals surface area contributed by atoms with Crippen LogP contribution in [0, 0.1) is 0 Å². The van der Waals surface area contributed by atoms with E-state index in [0.29, 0.717) is 17.2 Å². The first kappa shape index (κ1) is 14.7. The van der Waals surface area contributed by atoms with Gasteiger partial charge in [-0.2, -0.15) is 11.8 Å². The lowest BCUT2D eigenvalue weighted by molar-refractivity contribution is -0.120. The number of nitrogens with two attached hydrogens (primary N) is 1. The number of hydrogen-bond donors (Lipinski definition) is 3. The Morgan fingerprint density at radius 1 is 1.45 bits per heavy atom. The van der Waals surface area contributed by atoms with E-state index in [0.717, 1.165) is 12.1 Å². The van der Waals surface area contributed by atoms with E-state index in [2.05, 4.69) is 10.5 Å². The Kier molecular flexibility index (Phi) is 5.29. The fraction of sp³-hybridized carbons (Fsp3) is 0.429. The van der Waals surface area contributed by atoms with Crippen molar-refractivity contribution in [1.29, 1.82) is 0 Å². The highest BCUT2D eigenvalue weighted by Gasteiger charge is 2.16. The standard InChI is InChI=1S/C14H19N3O2S/c15-14(17-19)11-5-3-10(4-6-11)8-13(18)16-9-12-2-1-7-20-12/h3-6,12,19H,1-2,7-9H2,(H2,15,17)(H,16,18). The average molecular weight is 293 g/mol. The number of amides is 1. The Bertz CT molecular complexity index is 482. The molecule has 1 heterocycles. The lowest BCUT2D eigenvalue weighted by atomic mass is 10.1. The lowest BCUT2D eigenvalue weighted by Gasteiger charge is -2.10. The first-order valence-electron chi connectivity index (χ1n) is 6.64. The van der Waals surface area contributed by atoms with Crippen molar-refractivity contribution in [3.63, 3.8) is 0 Å². The molecule has 1 amide bonds. The van der Waals surface area contributed by atoms with Crippen LogP contribution < -0.4 is 11.1 Å². The van der Waals surface area contributed by atoms with Crippen LogP contribution in [0.5, 0.6) is 0 Å². The third-order valence-electron chi connectivity index (χ3n) is 3.27. The van der Waals surface area contributed by atoms with E-state index in [1.54, 1.807) is 12.1 Å².